The number of esters is 1. The predicted molar refractivity (Wildman–Crippen MR) is 292 cm³/mol. The Morgan fingerprint density at radius 2 is 1.10 bits per heavy atom. The minimum atomic E-state index is -1.32. The van der Waals surface area contributed by atoms with E-state index in [-0.39, 0.29) is 73.2 Å². The molecule has 3 amide bonds. The van der Waals surface area contributed by atoms with E-state index in [1.54, 1.807) is 0 Å². The number of aromatic carboxylic acids is 1. The third-order valence-corrected chi connectivity index (χ3v) is 15.7. The highest BCUT2D eigenvalue weighted by molar-refractivity contribution is 5.97. The fourth-order valence-electron chi connectivity index (χ4n) is 11.8. The van der Waals surface area contributed by atoms with Crippen LogP contribution >= 0.6 is 0 Å². The second-order valence-electron chi connectivity index (χ2n) is 23.0. The maximum atomic E-state index is 14.0. The molecule has 6 aliphatic rings. The number of nitrogens with one attached hydrogen (secondary N) is 5. The van der Waals surface area contributed by atoms with Crippen molar-refractivity contribution in [2.75, 3.05) is 24.4 Å². The Bertz CT molecular complexity index is 3430. The van der Waals surface area contributed by atoms with Crippen molar-refractivity contribution in [1.82, 2.24) is 25.9 Å². The van der Waals surface area contributed by atoms with Gasteiger partial charge in [0.25, 0.3) is 5.91 Å². The number of oxazole rings is 2. The van der Waals surface area contributed by atoms with Crippen molar-refractivity contribution in [3.8, 4) is 11.5 Å². The summed E-state index contributed by atoms with van der Waals surface area (Å²) in [5.74, 6) is -1.75. The average molecular weight is 1080 g/mol. The van der Waals surface area contributed by atoms with E-state index >= 15 is 0 Å². The topological polar surface area (TPSA) is 266 Å². The van der Waals surface area contributed by atoms with Gasteiger partial charge in [-0.3, -0.25) is 14.4 Å². The summed E-state index contributed by atoms with van der Waals surface area (Å²) in [6.45, 7) is 14.8. The number of hydrogen-bond acceptors (Lipinski definition) is 15. The van der Waals surface area contributed by atoms with Crippen molar-refractivity contribution in [2.45, 2.75) is 124 Å². The van der Waals surface area contributed by atoms with Gasteiger partial charge in [-0.05, 0) is 70.2 Å². The number of carboxylic acid groups (broad SMARTS) is 1. The van der Waals surface area contributed by atoms with Gasteiger partial charge in [0.1, 0.15) is 34.4 Å². The first-order valence-electron chi connectivity index (χ1n) is 25.8. The quantitative estimate of drug-likeness (QED) is 0.0800. The lowest BCUT2D eigenvalue weighted by atomic mass is 9.72. The number of hydrogen-bond donors (Lipinski definition) is 7. The van der Waals surface area contributed by atoms with Gasteiger partial charge in [-0.25, -0.2) is 19.6 Å². The Kier molecular flexibility index (Phi) is 14.0. The number of amides is 3. The number of para-hydroxylation sites is 2. The normalized spacial score (nSPS) is 24.7. The monoisotopic (exact) mass is 1080 g/mol. The van der Waals surface area contributed by atoms with E-state index < -0.39 is 76.7 Å². The Morgan fingerprint density at radius 1 is 0.671 bits per heavy atom. The van der Waals surface area contributed by atoms with Crippen molar-refractivity contribution in [1.29, 1.82) is 0 Å². The molecule has 6 aliphatic heterocycles. The van der Waals surface area contributed by atoms with E-state index in [0.29, 0.717) is 24.3 Å². The molecule has 0 aliphatic carbocycles. The standard InChI is InChI=1S/C31H34N4O7.C27H27N3O5.2CH4/c1-15-12-16-10-11-21-18(13-16)31(17-8-6-7-9-19(17)33-29(31)41-21)24-22(26(38)32-20(14-36)28(39)40-5)34-27(42-24)23(30(2,3)4)35-25(15)37;1-13-11-14-9-10-18-16(12-14)27(15-7-5-6-8-17(15)28-25(27)34-18)21-19(24(32)33)29-23(35-21)20(26(2,3)4)30-22(13)31;;/h6-11,13,15,20,23,29,33,36H,12,14H2,1-5H3,(H,32,38)(H,35,37);5-10,12-13,20,25,28H,11H2,1-4H3,(H,30,31)(H,32,33);2*1H4/t15?,20?,23?,29-,31?;13?,20?,25-,27?;;/m11../s1. The Morgan fingerprint density at radius 3 is 1.52 bits per heavy atom. The third-order valence-electron chi connectivity index (χ3n) is 15.7. The molecule has 0 fully saturated rings. The molecule has 4 aromatic carbocycles. The highest BCUT2D eigenvalue weighted by atomic mass is 16.5. The molecule has 416 valence electrons. The van der Waals surface area contributed by atoms with Gasteiger partial charge in [-0.2, -0.15) is 0 Å². The number of aliphatic hydroxyl groups is 1. The smallest absolute Gasteiger partial charge is 0.358 e. The van der Waals surface area contributed by atoms with Crippen LogP contribution in [0.15, 0.2) is 93.8 Å². The van der Waals surface area contributed by atoms with Gasteiger partial charge in [0.05, 0.1) is 13.7 Å². The number of benzene rings is 4. The molecule has 2 spiro atoms. The zero-order valence-corrected chi connectivity index (χ0v) is 44.1. The van der Waals surface area contributed by atoms with Crippen molar-refractivity contribution >= 4 is 41.0 Å². The van der Waals surface area contributed by atoms with Crippen molar-refractivity contribution in [3.05, 3.63) is 153 Å². The largest absolute Gasteiger partial charge is 0.476 e. The summed E-state index contributed by atoms with van der Waals surface area (Å²) in [5.41, 5.74) is 3.35. The number of carbonyl (C=O) groups excluding carboxylic acids is 4. The summed E-state index contributed by atoms with van der Waals surface area (Å²) in [6, 6.07) is 24.5. The number of aliphatic hydroxyl groups excluding tert-OH is 1. The highest BCUT2D eigenvalue weighted by Gasteiger charge is 2.63. The maximum Gasteiger partial charge on any atom is 0.358 e. The first-order valence-corrected chi connectivity index (χ1v) is 25.8. The molecule has 7 N–H and O–H groups in total. The average Bonchev–Trinajstić information content (AvgIpc) is 4.22. The number of aromatic nitrogens is 2. The molecule has 8 heterocycles. The molecule has 0 saturated carbocycles. The number of rotatable bonds is 5. The number of carboxylic acids is 1. The maximum absolute atomic E-state index is 14.0. The van der Waals surface area contributed by atoms with E-state index in [4.69, 9.17) is 28.0 Å². The van der Waals surface area contributed by atoms with Gasteiger partial charge in [-0.1, -0.05) is 131 Å². The van der Waals surface area contributed by atoms with Crippen molar-refractivity contribution < 1.29 is 57.2 Å². The van der Waals surface area contributed by atoms with E-state index in [2.05, 4.69) is 31.6 Å². The molecule has 0 saturated heterocycles. The number of nitrogens with zero attached hydrogens (tertiary/aromatic N) is 2. The molecule has 79 heavy (non-hydrogen) atoms. The lowest BCUT2D eigenvalue weighted by Gasteiger charge is -2.31. The summed E-state index contributed by atoms with van der Waals surface area (Å²) < 4.78 is 30.7. The molecule has 12 rings (SSSR count). The van der Waals surface area contributed by atoms with Crippen LogP contribution < -0.4 is 36.1 Å². The third kappa shape index (κ3) is 8.72. The number of ether oxygens (including phenoxy) is 3. The molecular formula is C60H69N7O12. The zero-order valence-electron chi connectivity index (χ0n) is 44.1. The van der Waals surface area contributed by atoms with Gasteiger partial charge in [0, 0.05) is 34.3 Å². The predicted octanol–water partition coefficient (Wildman–Crippen LogP) is 8.33. The van der Waals surface area contributed by atoms with E-state index in [1.165, 1.54) is 7.11 Å². The molecule has 0 radical (unpaired) electrons. The van der Waals surface area contributed by atoms with Crippen LogP contribution in [0.25, 0.3) is 0 Å². The van der Waals surface area contributed by atoms with Crippen LogP contribution in [0.1, 0.15) is 160 Å². The van der Waals surface area contributed by atoms with Crippen LogP contribution in [-0.2, 0) is 42.8 Å². The molecule has 19 heteroatoms. The van der Waals surface area contributed by atoms with E-state index in [9.17, 15) is 34.2 Å². The minimum absolute atomic E-state index is 0. The second-order valence-corrected chi connectivity index (χ2v) is 23.0. The molecule has 6 aromatic rings. The van der Waals surface area contributed by atoms with Crippen LogP contribution in [0.4, 0.5) is 11.4 Å². The minimum Gasteiger partial charge on any atom is -0.476 e. The SMILES string of the molecule is C.C.CC1Cc2ccc3c(c2)C2(c4ccccc4N[C@@H]2O3)c2oc(nc2C(=O)O)C(C(C)(C)C)NC1=O.COC(=O)C(CO)NC(=O)c1nc2oc1C13c4ccccc4N[C@@H]1Oc1ccc(cc13)CC(C)C(=O)NC2C(C)(C)C. The first-order chi connectivity index (χ1) is 36.6. The first kappa shape index (κ1) is 55.6. The molecular weight excluding hydrogens is 1010 g/mol. The summed E-state index contributed by atoms with van der Waals surface area (Å²) >= 11 is 0. The molecule has 19 nitrogen and oxygen atoms in total. The summed E-state index contributed by atoms with van der Waals surface area (Å²) in [6.07, 6.45) is -0.260. The van der Waals surface area contributed by atoms with Crippen LogP contribution in [0, 0.1) is 22.7 Å². The number of methoxy groups -OCH3 is 1. The van der Waals surface area contributed by atoms with Gasteiger partial charge in [-0.15, -0.1) is 0 Å². The Hall–Kier alpha value is -8.19. The van der Waals surface area contributed by atoms with E-state index in [1.807, 2.05) is 140 Å². The van der Waals surface area contributed by atoms with Crippen LogP contribution in [-0.4, -0.2) is 82.1 Å². The fourth-order valence-corrected chi connectivity index (χ4v) is 11.8. The second kappa shape index (κ2) is 19.9. The Balaban J connectivity index is 0.000000190. The highest BCUT2D eigenvalue weighted by Crippen LogP contribution is 2.60. The van der Waals surface area contributed by atoms with Crippen molar-refractivity contribution in [2.24, 2.45) is 22.7 Å². The zero-order chi connectivity index (χ0) is 54.7. The van der Waals surface area contributed by atoms with Crippen molar-refractivity contribution in [3.63, 3.8) is 0 Å². The molecule has 7 unspecified atom stereocenters. The lowest BCUT2D eigenvalue weighted by molar-refractivity contribution is -0.143. The van der Waals surface area contributed by atoms with Crippen LogP contribution in [0.5, 0.6) is 11.5 Å². The molecule has 2 aromatic heterocycles. The van der Waals surface area contributed by atoms with Crippen LogP contribution in [0.2, 0.25) is 0 Å². The van der Waals surface area contributed by atoms with Gasteiger partial charge >= 0.3 is 11.9 Å². The number of anilines is 2. The van der Waals surface area contributed by atoms with Gasteiger partial charge in [0.15, 0.2) is 41.4 Å². The summed E-state index contributed by atoms with van der Waals surface area (Å²) in [7, 11) is 1.17. The lowest BCUT2D eigenvalue weighted by Crippen LogP contribution is -2.46. The van der Waals surface area contributed by atoms with Gasteiger partial charge < -0.3 is 59.8 Å². The van der Waals surface area contributed by atoms with Crippen LogP contribution in [0.3, 0.4) is 0 Å². The number of fused-ring (bicyclic) bond motifs is 8. The Labute approximate surface area is 458 Å². The van der Waals surface area contributed by atoms with Gasteiger partial charge in [0.2, 0.25) is 23.6 Å². The summed E-state index contributed by atoms with van der Waals surface area (Å²) in [5, 5.41) is 35.7. The number of carbonyl (C=O) groups is 5. The van der Waals surface area contributed by atoms with E-state index in [0.717, 1.165) is 44.8 Å². The summed E-state index contributed by atoms with van der Waals surface area (Å²) in [4.78, 5) is 74.6. The molecule has 9 atom stereocenters. The fraction of sp³-hybridized carbons (Fsp3) is 0.417. The molecule has 8 bridgehead atoms.